The molecule has 0 aliphatic rings. The maximum atomic E-state index is 11.7. The fourth-order valence-electron chi connectivity index (χ4n) is 2.02. The van der Waals surface area contributed by atoms with E-state index in [0.29, 0.717) is 6.54 Å². The van der Waals surface area contributed by atoms with E-state index >= 15 is 0 Å². The normalized spacial score (nSPS) is 11.7. The third-order valence-electron chi connectivity index (χ3n) is 3.46. The average molecular weight is 282 g/mol. The summed E-state index contributed by atoms with van der Waals surface area (Å²) < 4.78 is 0. The first kappa shape index (κ1) is 15.1. The lowest BCUT2D eigenvalue weighted by atomic mass is 10.1. The molecule has 1 atom stereocenters. The van der Waals surface area contributed by atoms with Crippen LogP contribution in [0.4, 0.5) is 5.69 Å². The van der Waals surface area contributed by atoms with Gasteiger partial charge in [0, 0.05) is 11.7 Å². The van der Waals surface area contributed by atoms with Crippen molar-refractivity contribution >= 4 is 11.6 Å². The number of benzene rings is 2. The first-order chi connectivity index (χ1) is 10.2. The van der Waals surface area contributed by atoms with Gasteiger partial charge in [-0.05, 0) is 36.6 Å². The molecule has 1 unspecified atom stereocenters. The first-order valence-corrected chi connectivity index (χ1v) is 7.37. The van der Waals surface area contributed by atoms with E-state index in [2.05, 4.69) is 41.8 Å². The monoisotopic (exact) mass is 282 g/mol. The number of hydrogen-bond acceptors (Lipinski definition) is 2. The Kier molecular flexibility index (Phi) is 5.38. The first-order valence-electron chi connectivity index (χ1n) is 7.37. The topological polar surface area (TPSA) is 41.1 Å². The molecule has 0 bridgehead atoms. The molecule has 0 aliphatic heterocycles. The lowest BCUT2D eigenvalue weighted by molar-refractivity contribution is -0.120. The molecule has 3 nitrogen and oxygen atoms in total. The predicted molar refractivity (Wildman–Crippen MR) is 88.3 cm³/mol. The number of anilines is 1. The Balaban J connectivity index is 1.90. The minimum Gasteiger partial charge on any atom is -0.376 e. The van der Waals surface area contributed by atoms with Crippen molar-refractivity contribution < 1.29 is 4.79 Å². The van der Waals surface area contributed by atoms with Gasteiger partial charge >= 0.3 is 0 Å². The van der Waals surface area contributed by atoms with Gasteiger partial charge in [-0.15, -0.1) is 0 Å². The molecule has 0 radical (unpaired) electrons. The van der Waals surface area contributed by atoms with E-state index in [-0.39, 0.29) is 11.9 Å². The van der Waals surface area contributed by atoms with Crippen molar-refractivity contribution in [1.82, 2.24) is 5.32 Å². The van der Waals surface area contributed by atoms with Gasteiger partial charge in [-0.1, -0.05) is 49.4 Å². The molecular formula is C18H22N2O. The Morgan fingerprint density at radius 3 is 2.24 bits per heavy atom. The quantitative estimate of drug-likeness (QED) is 0.848. The van der Waals surface area contributed by atoms with E-state index < -0.39 is 0 Å². The summed E-state index contributed by atoms with van der Waals surface area (Å²) in [5.74, 6) is 0.0245. The molecule has 3 heteroatoms. The van der Waals surface area contributed by atoms with E-state index in [0.717, 1.165) is 12.1 Å². The summed E-state index contributed by atoms with van der Waals surface area (Å²) in [6, 6.07) is 18.6. The number of nitrogens with one attached hydrogen (secondary N) is 2. The third-order valence-corrected chi connectivity index (χ3v) is 3.46. The van der Waals surface area contributed by atoms with Crippen LogP contribution in [0.2, 0.25) is 0 Å². The average Bonchev–Trinajstić information content (AvgIpc) is 2.54. The molecule has 0 spiro atoms. The van der Waals surface area contributed by atoms with Crippen LogP contribution in [-0.2, 0) is 4.79 Å². The van der Waals surface area contributed by atoms with Crippen LogP contribution in [0.15, 0.2) is 54.6 Å². The molecular weight excluding hydrogens is 260 g/mol. The molecule has 110 valence electrons. The summed E-state index contributed by atoms with van der Waals surface area (Å²) in [5.41, 5.74) is 3.32. The van der Waals surface area contributed by atoms with Crippen molar-refractivity contribution in [1.29, 1.82) is 0 Å². The molecule has 1 amide bonds. The summed E-state index contributed by atoms with van der Waals surface area (Å²) in [6.45, 7) is 4.36. The van der Waals surface area contributed by atoms with Crippen LogP contribution < -0.4 is 10.6 Å². The molecule has 2 rings (SSSR count). The fourth-order valence-corrected chi connectivity index (χ4v) is 2.02. The number of rotatable bonds is 6. The lowest BCUT2D eigenvalue weighted by Gasteiger charge is -2.12. The van der Waals surface area contributed by atoms with E-state index in [9.17, 15) is 4.79 Å². The highest BCUT2D eigenvalue weighted by Crippen LogP contribution is 2.20. The molecule has 0 fully saturated rings. The molecule has 2 N–H and O–H groups in total. The molecule has 0 aliphatic carbocycles. The van der Waals surface area contributed by atoms with Crippen LogP contribution in [0, 0.1) is 0 Å². The minimum atomic E-state index is 0.0245. The van der Waals surface area contributed by atoms with Gasteiger partial charge in [0.15, 0.2) is 0 Å². The SMILES string of the molecule is CCC(C)NC(=O)CNc1ccc(-c2ccccc2)cc1. The predicted octanol–water partition coefficient (Wildman–Crippen LogP) is 3.68. The van der Waals surface area contributed by atoms with Gasteiger partial charge in [0.25, 0.3) is 0 Å². The maximum Gasteiger partial charge on any atom is 0.239 e. The Morgan fingerprint density at radius 2 is 1.62 bits per heavy atom. The summed E-state index contributed by atoms with van der Waals surface area (Å²) in [7, 11) is 0. The van der Waals surface area contributed by atoms with Gasteiger partial charge in [-0.3, -0.25) is 4.79 Å². The second-order valence-corrected chi connectivity index (χ2v) is 5.17. The van der Waals surface area contributed by atoms with Gasteiger partial charge in [-0.2, -0.15) is 0 Å². The highest BCUT2D eigenvalue weighted by Gasteiger charge is 2.05. The van der Waals surface area contributed by atoms with Crippen molar-refractivity contribution in [2.24, 2.45) is 0 Å². The highest BCUT2D eigenvalue weighted by molar-refractivity contribution is 5.81. The van der Waals surface area contributed by atoms with E-state index in [4.69, 9.17) is 0 Å². The zero-order valence-corrected chi connectivity index (χ0v) is 12.6. The summed E-state index contributed by atoms with van der Waals surface area (Å²) >= 11 is 0. The fraction of sp³-hybridized carbons (Fsp3) is 0.278. The Labute approximate surface area is 126 Å². The van der Waals surface area contributed by atoms with E-state index in [1.165, 1.54) is 11.1 Å². The Hall–Kier alpha value is -2.29. The van der Waals surface area contributed by atoms with Gasteiger partial charge in [0.05, 0.1) is 6.54 Å². The smallest absolute Gasteiger partial charge is 0.239 e. The van der Waals surface area contributed by atoms with Gasteiger partial charge in [0.1, 0.15) is 0 Å². The molecule has 0 aromatic heterocycles. The maximum absolute atomic E-state index is 11.7. The molecule has 21 heavy (non-hydrogen) atoms. The van der Waals surface area contributed by atoms with Crippen LogP contribution >= 0.6 is 0 Å². The summed E-state index contributed by atoms with van der Waals surface area (Å²) in [5, 5.41) is 6.08. The number of amides is 1. The molecule has 2 aromatic carbocycles. The van der Waals surface area contributed by atoms with Gasteiger partial charge < -0.3 is 10.6 Å². The third kappa shape index (κ3) is 4.63. The Bertz CT molecular complexity index is 564. The molecule has 0 heterocycles. The van der Waals surface area contributed by atoms with Crippen LogP contribution in [0.5, 0.6) is 0 Å². The summed E-state index contributed by atoms with van der Waals surface area (Å²) in [6.07, 6.45) is 0.942. The van der Waals surface area contributed by atoms with Gasteiger partial charge in [-0.25, -0.2) is 0 Å². The zero-order chi connectivity index (χ0) is 15.1. The van der Waals surface area contributed by atoms with Crippen LogP contribution in [0.3, 0.4) is 0 Å². The lowest BCUT2D eigenvalue weighted by Crippen LogP contribution is -2.36. The summed E-state index contributed by atoms with van der Waals surface area (Å²) in [4.78, 5) is 11.7. The van der Waals surface area contributed by atoms with Crippen LogP contribution in [-0.4, -0.2) is 18.5 Å². The highest BCUT2D eigenvalue weighted by atomic mass is 16.1. The standard InChI is InChI=1S/C18H22N2O/c1-3-14(2)20-18(21)13-19-17-11-9-16(10-12-17)15-7-5-4-6-8-15/h4-12,14,19H,3,13H2,1-2H3,(H,20,21). The molecule has 0 saturated carbocycles. The number of carbonyl (C=O) groups is 1. The van der Waals surface area contributed by atoms with Crippen LogP contribution in [0.1, 0.15) is 20.3 Å². The van der Waals surface area contributed by atoms with E-state index in [1.807, 2.05) is 37.3 Å². The van der Waals surface area contributed by atoms with Crippen molar-refractivity contribution in [2.75, 3.05) is 11.9 Å². The van der Waals surface area contributed by atoms with Crippen molar-refractivity contribution in [3.63, 3.8) is 0 Å². The minimum absolute atomic E-state index is 0.0245. The molecule has 0 saturated heterocycles. The van der Waals surface area contributed by atoms with Crippen molar-refractivity contribution in [2.45, 2.75) is 26.3 Å². The van der Waals surface area contributed by atoms with Crippen molar-refractivity contribution in [3.8, 4) is 11.1 Å². The second-order valence-electron chi connectivity index (χ2n) is 5.17. The number of carbonyl (C=O) groups excluding carboxylic acids is 1. The zero-order valence-electron chi connectivity index (χ0n) is 12.6. The van der Waals surface area contributed by atoms with Crippen LogP contribution in [0.25, 0.3) is 11.1 Å². The van der Waals surface area contributed by atoms with E-state index in [1.54, 1.807) is 0 Å². The molecule has 2 aromatic rings. The second kappa shape index (κ2) is 7.48. The Morgan fingerprint density at radius 1 is 1.00 bits per heavy atom. The number of hydrogen-bond donors (Lipinski definition) is 2. The van der Waals surface area contributed by atoms with Crippen molar-refractivity contribution in [3.05, 3.63) is 54.6 Å². The largest absolute Gasteiger partial charge is 0.376 e. The van der Waals surface area contributed by atoms with Gasteiger partial charge in [0.2, 0.25) is 5.91 Å².